The third-order valence-electron chi connectivity index (χ3n) is 5.30. The van der Waals surface area contributed by atoms with Gasteiger partial charge in [-0.2, -0.15) is 0 Å². The molecule has 3 rings (SSSR count). The second-order valence-electron chi connectivity index (χ2n) is 6.91. The number of halogens is 1. The number of methoxy groups -OCH3 is 1. The molecule has 2 aromatic rings. The standard InChI is InChI=1S/C20H26FN3O3/c1-3-27-19(25)20(9-11-22-12-10-20)8-4-5-14-15(21)13-23-16-6-7-17(26-2)24-18(14)16/h6-7,13,22H,3-5,8-12H2,1-2H3. The van der Waals surface area contributed by atoms with Gasteiger partial charge in [-0.3, -0.25) is 9.78 Å². The number of rotatable bonds is 7. The Hall–Kier alpha value is -2.28. The maximum absolute atomic E-state index is 14.5. The maximum Gasteiger partial charge on any atom is 0.312 e. The van der Waals surface area contributed by atoms with E-state index in [2.05, 4.69) is 15.3 Å². The minimum atomic E-state index is -0.480. The molecule has 0 bridgehead atoms. The summed E-state index contributed by atoms with van der Waals surface area (Å²) in [5, 5.41) is 3.29. The predicted octanol–water partition coefficient (Wildman–Crippen LogP) is 3.03. The molecule has 2 aromatic heterocycles. The molecule has 3 heterocycles. The average molecular weight is 375 g/mol. The average Bonchev–Trinajstić information content (AvgIpc) is 2.70. The first kappa shape index (κ1) is 19.5. The highest BCUT2D eigenvalue weighted by Crippen LogP contribution is 2.36. The number of carbonyl (C=O) groups excluding carboxylic acids is 1. The fourth-order valence-corrected chi connectivity index (χ4v) is 3.78. The summed E-state index contributed by atoms with van der Waals surface area (Å²) in [6, 6.07) is 3.48. The second kappa shape index (κ2) is 8.61. The van der Waals surface area contributed by atoms with E-state index >= 15 is 0 Å². The van der Waals surface area contributed by atoms with Gasteiger partial charge in [0, 0.05) is 11.6 Å². The van der Waals surface area contributed by atoms with Crippen LogP contribution < -0.4 is 10.1 Å². The molecule has 0 radical (unpaired) electrons. The van der Waals surface area contributed by atoms with Gasteiger partial charge < -0.3 is 14.8 Å². The van der Waals surface area contributed by atoms with E-state index < -0.39 is 5.41 Å². The zero-order valence-electron chi connectivity index (χ0n) is 15.9. The van der Waals surface area contributed by atoms with Gasteiger partial charge in [0.05, 0.1) is 36.4 Å². The molecular formula is C20H26FN3O3. The zero-order chi connectivity index (χ0) is 19.3. The second-order valence-corrected chi connectivity index (χ2v) is 6.91. The molecule has 0 atom stereocenters. The van der Waals surface area contributed by atoms with Crippen LogP contribution in [0.4, 0.5) is 4.39 Å². The summed E-state index contributed by atoms with van der Waals surface area (Å²) in [4.78, 5) is 21.0. The van der Waals surface area contributed by atoms with Crippen LogP contribution in [0.15, 0.2) is 18.3 Å². The fraction of sp³-hybridized carbons (Fsp3) is 0.550. The fourth-order valence-electron chi connectivity index (χ4n) is 3.78. The number of fused-ring (bicyclic) bond motifs is 1. The number of ether oxygens (including phenoxy) is 2. The Morgan fingerprint density at radius 1 is 1.33 bits per heavy atom. The Kier molecular flexibility index (Phi) is 6.21. The van der Waals surface area contributed by atoms with Crippen LogP contribution in [0.3, 0.4) is 0 Å². The van der Waals surface area contributed by atoms with E-state index in [1.165, 1.54) is 13.3 Å². The number of nitrogens with zero attached hydrogens (tertiary/aromatic N) is 2. The van der Waals surface area contributed by atoms with Crippen LogP contribution in [0.5, 0.6) is 5.88 Å². The molecule has 0 aromatic carbocycles. The lowest BCUT2D eigenvalue weighted by Crippen LogP contribution is -2.43. The molecule has 1 fully saturated rings. The number of nitrogens with one attached hydrogen (secondary N) is 1. The smallest absolute Gasteiger partial charge is 0.312 e. The number of pyridine rings is 2. The van der Waals surface area contributed by atoms with Crippen molar-refractivity contribution in [3.05, 3.63) is 29.7 Å². The summed E-state index contributed by atoms with van der Waals surface area (Å²) in [6.07, 6.45) is 4.56. The van der Waals surface area contributed by atoms with Crippen molar-refractivity contribution in [2.24, 2.45) is 5.41 Å². The molecule has 146 valence electrons. The highest BCUT2D eigenvalue weighted by atomic mass is 19.1. The predicted molar refractivity (Wildman–Crippen MR) is 100 cm³/mol. The number of aryl methyl sites for hydroxylation is 1. The van der Waals surface area contributed by atoms with E-state index in [0.717, 1.165) is 25.9 Å². The molecule has 27 heavy (non-hydrogen) atoms. The van der Waals surface area contributed by atoms with Gasteiger partial charge >= 0.3 is 5.97 Å². The molecular weight excluding hydrogens is 349 g/mol. The molecule has 1 aliphatic rings. The Bertz CT molecular complexity index is 806. The molecule has 0 amide bonds. The molecule has 1 N–H and O–H groups in total. The van der Waals surface area contributed by atoms with Gasteiger partial charge in [0.15, 0.2) is 0 Å². The van der Waals surface area contributed by atoms with Gasteiger partial charge in [0.2, 0.25) is 5.88 Å². The van der Waals surface area contributed by atoms with Gasteiger partial charge in [0.25, 0.3) is 0 Å². The number of carbonyl (C=O) groups is 1. The molecule has 1 aliphatic heterocycles. The molecule has 0 saturated carbocycles. The lowest BCUT2D eigenvalue weighted by Gasteiger charge is -2.35. The van der Waals surface area contributed by atoms with Crippen LogP contribution in [0.2, 0.25) is 0 Å². The molecule has 0 aliphatic carbocycles. The molecule has 0 spiro atoms. The van der Waals surface area contributed by atoms with Crippen LogP contribution in [0.1, 0.15) is 38.2 Å². The van der Waals surface area contributed by atoms with Crippen LogP contribution in [-0.4, -0.2) is 42.7 Å². The van der Waals surface area contributed by atoms with Crippen molar-refractivity contribution in [1.29, 1.82) is 0 Å². The number of hydrogen-bond acceptors (Lipinski definition) is 6. The van der Waals surface area contributed by atoms with Crippen molar-refractivity contribution < 1.29 is 18.7 Å². The first-order chi connectivity index (χ1) is 13.1. The monoisotopic (exact) mass is 375 g/mol. The van der Waals surface area contributed by atoms with E-state index in [9.17, 15) is 9.18 Å². The van der Waals surface area contributed by atoms with Gasteiger partial charge in [-0.05, 0) is 58.2 Å². The number of aromatic nitrogens is 2. The van der Waals surface area contributed by atoms with Gasteiger partial charge in [-0.25, -0.2) is 9.37 Å². The number of hydrogen-bond donors (Lipinski definition) is 1. The summed E-state index contributed by atoms with van der Waals surface area (Å²) < 4.78 is 24.9. The topological polar surface area (TPSA) is 73.3 Å². The lowest BCUT2D eigenvalue weighted by atomic mass is 9.74. The summed E-state index contributed by atoms with van der Waals surface area (Å²) >= 11 is 0. The van der Waals surface area contributed by atoms with Crippen molar-refractivity contribution in [2.75, 3.05) is 26.8 Å². The van der Waals surface area contributed by atoms with Crippen LogP contribution in [0, 0.1) is 11.2 Å². The third-order valence-corrected chi connectivity index (χ3v) is 5.30. The molecule has 7 heteroatoms. The summed E-state index contributed by atoms with van der Waals surface area (Å²) in [6.45, 7) is 3.79. The van der Waals surface area contributed by atoms with E-state index in [1.54, 1.807) is 12.1 Å². The van der Waals surface area contributed by atoms with Crippen molar-refractivity contribution >= 4 is 17.0 Å². The maximum atomic E-state index is 14.5. The third kappa shape index (κ3) is 4.18. The minimum absolute atomic E-state index is 0.133. The lowest BCUT2D eigenvalue weighted by molar-refractivity contribution is -0.157. The minimum Gasteiger partial charge on any atom is -0.481 e. The summed E-state index contributed by atoms with van der Waals surface area (Å²) in [5.74, 6) is -0.0809. The summed E-state index contributed by atoms with van der Waals surface area (Å²) in [7, 11) is 1.53. The Morgan fingerprint density at radius 3 is 2.81 bits per heavy atom. The van der Waals surface area contributed by atoms with Crippen LogP contribution in [-0.2, 0) is 16.0 Å². The quantitative estimate of drug-likeness (QED) is 0.750. The Morgan fingerprint density at radius 2 is 2.11 bits per heavy atom. The Labute approximate surface area is 158 Å². The normalized spacial score (nSPS) is 16.3. The first-order valence-corrected chi connectivity index (χ1v) is 9.46. The largest absolute Gasteiger partial charge is 0.481 e. The molecule has 6 nitrogen and oxygen atoms in total. The van der Waals surface area contributed by atoms with E-state index in [-0.39, 0.29) is 11.8 Å². The molecule has 0 unspecified atom stereocenters. The highest BCUT2D eigenvalue weighted by molar-refractivity contribution is 5.78. The van der Waals surface area contributed by atoms with Crippen molar-refractivity contribution in [1.82, 2.24) is 15.3 Å². The van der Waals surface area contributed by atoms with Crippen LogP contribution in [0.25, 0.3) is 11.0 Å². The van der Waals surface area contributed by atoms with Crippen molar-refractivity contribution in [3.63, 3.8) is 0 Å². The van der Waals surface area contributed by atoms with Crippen LogP contribution >= 0.6 is 0 Å². The number of piperidine rings is 1. The van der Waals surface area contributed by atoms with Crippen molar-refractivity contribution in [3.8, 4) is 5.88 Å². The van der Waals surface area contributed by atoms with E-state index in [0.29, 0.717) is 48.3 Å². The Balaban J connectivity index is 1.79. The summed E-state index contributed by atoms with van der Waals surface area (Å²) in [5.41, 5.74) is 1.19. The highest BCUT2D eigenvalue weighted by Gasteiger charge is 2.40. The SMILES string of the molecule is CCOC(=O)C1(CCCc2c(F)cnc3ccc(OC)nc23)CCNCC1. The van der Waals surface area contributed by atoms with E-state index in [1.807, 2.05) is 6.92 Å². The number of esters is 1. The zero-order valence-corrected chi connectivity index (χ0v) is 15.9. The van der Waals surface area contributed by atoms with Gasteiger partial charge in [0.1, 0.15) is 5.82 Å². The molecule has 1 saturated heterocycles. The van der Waals surface area contributed by atoms with Gasteiger partial charge in [-0.15, -0.1) is 0 Å². The van der Waals surface area contributed by atoms with Crippen molar-refractivity contribution in [2.45, 2.75) is 39.0 Å². The van der Waals surface area contributed by atoms with Gasteiger partial charge in [-0.1, -0.05) is 0 Å². The van der Waals surface area contributed by atoms with E-state index in [4.69, 9.17) is 9.47 Å². The first-order valence-electron chi connectivity index (χ1n) is 9.46.